The van der Waals surface area contributed by atoms with Crippen LogP contribution in [-0.2, 0) is 4.74 Å². The van der Waals surface area contributed by atoms with Crippen molar-refractivity contribution in [2.45, 2.75) is 25.8 Å². The fourth-order valence-corrected chi connectivity index (χ4v) is 2.41. The number of hydrogen-bond donors (Lipinski definition) is 1. The summed E-state index contributed by atoms with van der Waals surface area (Å²) in [6.07, 6.45) is 2.00. The summed E-state index contributed by atoms with van der Waals surface area (Å²) in [7, 11) is 1.73. The maximum atomic E-state index is 6.00. The Morgan fingerprint density at radius 1 is 1.37 bits per heavy atom. The molecule has 0 saturated carbocycles. The summed E-state index contributed by atoms with van der Waals surface area (Å²) in [5.41, 5.74) is 0.883. The molecule has 19 heavy (non-hydrogen) atoms. The van der Waals surface area contributed by atoms with Crippen molar-refractivity contribution in [3.05, 3.63) is 35.0 Å². The Labute approximate surface area is 118 Å². The zero-order valence-corrected chi connectivity index (χ0v) is 12.2. The van der Waals surface area contributed by atoms with Gasteiger partial charge in [0.25, 0.3) is 0 Å². The lowest BCUT2D eigenvalue weighted by Crippen LogP contribution is -2.20. The second kappa shape index (κ2) is 6.94. The number of methoxy groups -OCH3 is 1. The Balaban J connectivity index is 2.17. The summed E-state index contributed by atoms with van der Waals surface area (Å²) >= 11 is 6.00. The van der Waals surface area contributed by atoms with Crippen LogP contribution in [0.15, 0.2) is 28.7 Å². The maximum absolute atomic E-state index is 6.00. The topological polar surface area (TPSA) is 34.4 Å². The highest BCUT2D eigenvalue weighted by molar-refractivity contribution is 6.31. The van der Waals surface area contributed by atoms with E-state index in [2.05, 4.69) is 18.3 Å². The molecule has 1 unspecified atom stereocenters. The first-order valence-electron chi connectivity index (χ1n) is 6.66. The van der Waals surface area contributed by atoms with Crippen LogP contribution < -0.4 is 5.32 Å². The van der Waals surface area contributed by atoms with Crippen LogP contribution in [0.2, 0.25) is 5.02 Å². The molecule has 2 rings (SSSR count). The smallest absolute Gasteiger partial charge is 0.134 e. The minimum atomic E-state index is 0.228. The van der Waals surface area contributed by atoms with Crippen molar-refractivity contribution in [3.63, 3.8) is 0 Å². The van der Waals surface area contributed by atoms with E-state index in [1.165, 1.54) is 0 Å². The Morgan fingerprint density at radius 3 is 2.95 bits per heavy atom. The van der Waals surface area contributed by atoms with E-state index in [4.69, 9.17) is 20.8 Å². The van der Waals surface area contributed by atoms with Crippen LogP contribution in [0.5, 0.6) is 0 Å². The van der Waals surface area contributed by atoms with E-state index in [0.717, 1.165) is 47.7 Å². The highest BCUT2D eigenvalue weighted by Crippen LogP contribution is 2.28. The molecule has 0 bridgehead atoms. The van der Waals surface area contributed by atoms with Gasteiger partial charge in [-0.05, 0) is 43.7 Å². The molecule has 0 aliphatic rings. The second-order valence-electron chi connectivity index (χ2n) is 4.58. The molecular weight excluding hydrogens is 262 g/mol. The first kappa shape index (κ1) is 14.4. The van der Waals surface area contributed by atoms with Crippen LogP contribution in [0.1, 0.15) is 31.6 Å². The first-order chi connectivity index (χ1) is 9.24. The molecule has 0 spiro atoms. The minimum Gasteiger partial charge on any atom is -0.459 e. The fraction of sp³-hybridized carbons (Fsp3) is 0.467. The Hall–Kier alpha value is -1.03. The predicted octanol–water partition coefficient (Wildman–Crippen LogP) is 4.16. The maximum Gasteiger partial charge on any atom is 0.134 e. The quantitative estimate of drug-likeness (QED) is 0.774. The summed E-state index contributed by atoms with van der Waals surface area (Å²) in [4.78, 5) is 0. The van der Waals surface area contributed by atoms with Gasteiger partial charge < -0.3 is 14.5 Å². The van der Waals surface area contributed by atoms with Crippen molar-refractivity contribution in [2.24, 2.45) is 0 Å². The zero-order chi connectivity index (χ0) is 13.7. The van der Waals surface area contributed by atoms with Gasteiger partial charge in [-0.15, -0.1) is 0 Å². The third-order valence-corrected chi connectivity index (χ3v) is 3.37. The summed E-state index contributed by atoms with van der Waals surface area (Å²) in [6.45, 7) is 3.78. The van der Waals surface area contributed by atoms with Crippen LogP contribution in [0.25, 0.3) is 11.0 Å². The van der Waals surface area contributed by atoms with E-state index in [9.17, 15) is 0 Å². The molecule has 104 valence electrons. The fourth-order valence-electron chi connectivity index (χ4n) is 2.23. The van der Waals surface area contributed by atoms with Gasteiger partial charge in [0, 0.05) is 24.1 Å². The largest absolute Gasteiger partial charge is 0.459 e. The van der Waals surface area contributed by atoms with Crippen molar-refractivity contribution < 1.29 is 9.15 Å². The molecule has 0 radical (unpaired) electrons. The van der Waals surface area contributed by atoms with Crippen LogP contribution in [-0.4, -0.2) is 20.3 Å². The number of hydrogen-bond acceptors (Lipinski definition) is 3. The van der Waals surface area contributed by atoms with E-state index in [1.807, 2.05) is 18.2 Å². The monoisotopic (exact) mass is 281 g/mol. The van der Waals surface area contributed by atoms with Crippen LogP contribution in [0.4, 0.5) is 0 Å². The summed E-state index contributed by atoms with van der Waals surface area (Å²) < 4.78 is 11.0. The molecule has 1 N–H and O–H groups in total. The molecule has 1 atom stereocenters. The molecule has 1 aromatic carbocycles. The molecule has 0 aliphatic heterocycles. The molecule has 0 aliphatic carbocycles. The van der Waals surface area contributed by atoms with Gasteiger partial charge in [-0.2, -0.15) is 0 Å². The lowest BCUT2D eigenvalue weighted by atomic mass is 10.1. The second-order valence-corrected chi connectivity index (χ2v) is 5.01. The van der Waals surface area contributed by atoms with Crippen LogP contribution in [0, 0.1) is 0 Å². The Bertz CT molecular complexity index is 524. The van der Waals surface area contributed by atoms with E-state index < -0.39 is 0 Å². The molecule has 2 aromatic rings. The van der Waals surface area contributed by atoms with Gasteiger partial charge in [0.15, 0.2) is 0 Å². The van der Waals surface area contributed by atoms with Gasteiger partial charge >= 0.3 is 0 Å². The highest BCUT2D eigenvalue weighted by Gasteiger charge is 2.15. The number of furan rings is 1. The van der Waals surface area contributed by atoms with Crippen LogP contribution in [0.3, 0.4) is 0 Å². The summed E-state index contributed by atoms with van der Waals surface area (Å²) in [6, 6.07) is 8.00. The van der Waals surface area contributed by atoms with Crippen molar-refractivity contribution in [1.29, 1.82) is 0 Å². The van der Waals surface area contributed by atoms with Crippen molar-refractivity contribution >= 4 is 22.6 Å². The van der Waals surface area contributed by atoms with Gasteiger partial charge in [-0.25, -0.2) is 0 Å². The number of rotatable bonds is 7. The van der Waals surface area contributed by atoms with Gasteiger partial charge in [0.1, 0.15) is 11.3 Å². The number of nitrogens with one attached hydrogen (secondary N) is 1. The number of fused-ring (bicyclic) bond motifs is 1. The predicted molar refractivity (Wildman–Crippen MR) is 78.8 cm³/mol. The third-order valence-electron chi connectivity index (χ3n) is 3.13. The van der Waals surface area contributed by atoms with Gasteiger partial charge in [-0.1, -0.05) is 18.5 Å². The van der Waals surface area contributed by atoms with E-state index in [1.54, 1.807) is 7.11 Å². The summed E-state index contributed by atoms with van der Waals surface area (Å²) in [5.74, 6) is 0.968. The van der Waals surface area contributed by atoms with Crippen molar-refractivity contribution in [2.75, 3.05) is 20.3 Å². The Morgan fingerprint density at radius 2 is 2.21 bits per heavy atom. The molecular formula is C15H20ClNO2. The number of halogens is 1. The molecule has 1 aromatic heterocycles. The molecule has 0 fully saturated rings. The average Bonchev–Trinajstić information content (AvgIpc) is 2.80. The molecule has 1 heterocycles. The molecule has 4 heteroatoms. The van der Waals surface area contributed by atoms with E-state index >= 15 is 0 Å². The number of ether oxygens (including phenoxy) is 1. The lowest BCUT2D eigenvalue weighted by molar-refractivity contribution is 0.187. The molecule has 0 amide bonds. The number of benzene rings is 1. The molecule has 0 saturated heterocycles. The van der Waals surface area contributed by atoms with E-state index in [0.29, 0.717) is 0 Å². The standard InChI is InChI=1S/C15H20ClNO2/c1-3-17-13(5-4-8-18-2)15-10-11-9-12(16)6-7-14(11)19-15/h6-7,9-10,13,17H,3-5,8H2,1-2H3. The van der Waals surface area contributed by atoms with Crippen LogP contribution >= 0.6 is 11.6 Å². The summed E-state index contributed by atoms with van der Waals surface area (Å²) in [5, 5.41) is 5.24. The van der Waals surface area contributed by atoms with Crippen molar-refractivity contribution in [1.82, 2.24) is 5.32 Å². The van der Waals surface area contributed by atoms with Gasteiger partial charge in [-0.3, -0.25) is 0 Å². The SMILES string of the molecule is CCNC(CCCOC)c1cc2cc(Cl)ccc2o1. The average molecular weight is 282 g/mol. The normalized spacial score (nSPS) is 13.0. The van der Waals surface area contributed by atoms with Gasteiger partial charge in [0.05, 0.1) is 6.04 Å². The minimum absolute atomic E-state index is 0.228. The molecule has 3 nitrogen and oxygen atoms in total. The third kappa shape index (κ3) is 3.72. The Kier molecular flexibility index (Phi) is 5.25. The van der Waals surface area contributed by atoms with E-state index in [-0.39, 0.29) is 6.04 Å². The lowest BCUT2D eigenvalue weighted by Gasteiger charge is -2.14. The highest BCUT2D eigenvalue weighted by atomic mass is 35.5. The zero-order valence-electron chi connectivity index (χ0n) is 11.4. The first-order valence-corrected chi connectivity index (χ1v) is 7.03. The van der Waals surface area contributed by atoms with Gasteiger partial charge in [0.2, 0.25) is 0 Å². The van der Waals surface area contributed by atoms with Crippen molar-refractivity contribution in [3.8, 4) is 0 Å².